The summed E-state index contributed by atoms with van der Waals surface area (Å²) in [5, 5.41) is 0. The Labute approximate surface area is 134 Å². The zero-order chi connectivity index (χ0) is 15.8. The number of hydrogen-bond acceptors (Lipinski definition) is 0. The molecule has 122 valence electrons. The summed E-state index contributed by atoms with van der Waals surface area (Å²) in [5.74, 6) is 1.09. The summed E-state index contributed by atoms with van der Waals surface area (Å²) in [7, 11) is 0. The molecular weight excluding hydrogens is 252 g/mol. The van der Waals surface area contributed by atoms with E-state index < -0.39 is 0 Å². The van der Waals surface area contributed by atoms with Crippen LogP contribution in [-0.2, 0) is 0 Å². The van der Waals surface area contributed by atoms with Crippen molar-refractivity contribution in [3.05, 3.63) is 35.9 Å². The van der Waals surface area contributed by atoms with E-state index >= 15 is 0 Å². The van der Waals surface area contributed by atoms with Crippen molar-refractivity contribution in [1.82, 2.24) is 0 Å². The highest BCUT2D eigenvalue weighted by molar-refractivity contribution is 5.11. The number of rotatable bonds is 4. The summed E-state index contributed by atoms with van der Waals surface area (Å²) in [5.41, 5.74) is 1.32. The van der Waals surface area contributed by atoms with Crippen LogP contribution in [-0.4, -0.2) is 0 Å². The second-order valence-electron chi connectivity index (χ2n) is 6.27. The first-order valence-corrected chi connectivity index (χ1v) is 9.26. The molecule has 0 heteroatoms. The summed E-state index contributed by atoms with van der Waals surface area (Å²) < 4.78 is 0. The fourth-order valence-electron chi connectivity index (χ4n) is 2.63. The highest BCUT2D eigenvalue weighted by Gasteiger charge is 2.09. The van der Waals surface area contributed by atoms with Gasteiger partial charge in [-0.25, -0.2) is 0 Å². The fourth-order valence-corrected chi connectivity index (χ4v) is 2.63. The normalized spacial score (nSPS) is 14.5. The highest BCUT2D eigenvalue weighted by Crippen LogP contribution is 2.25. The Morgan fingerprint density at radius 3 is 1.62 bits per heavy atom. The molecule has 2 rings (SSSR count). The maximum absolute atomic E-state index is 2.32. The van der Waals surface area contributed by atoms with Gasteiger partial charge in [0, 0.05) is 0 Å². The fraction of sp³-hybridized carbons (Fsp3) is 0.714. The Morgan fingerprint density at radius 1 is 0.810 bits per heavy atom. The zero-order valence-electron chi connectivity index (χ0n) is 15.0. The van der Waals surface area contributed by atoms with Gasteiger partial charge in [-0.1, -0.05) is 121 Å². The quantitative estimate of drug-likeness (QED) is 0.502. The molecule has 1 aliphatic carbocycles. The minimum absolute atomic E-state index is 1.09. The predicted octanol–water partition coefficient (Wildman–Crippen LogP) is 7.56. The van der Waals surface area contributed by atoms with Crippen molar-refractivity contribution < 1.29 is 0 Å². The zero-order valence-corrected chi connectivity index (χ0v) is 15.0. The number of hydrogen-bond donors (Lipinski definition) is 0. The third-order valence-corrected chi connectivity index (χ3v) is 4.20. The van der Waals surface area contributed by atoms with Crippen LogP contribution in [0.3, 0.4) is 0 Å². The van der Waals surface area contributed by atoms with Gasteiger partial charge < -0.3 is 0 Å². The van der Waals surface area contributed by atoms with E-state index in [1.807, 2.05) is 18.2 Å². The summed E-state index contributed by atoms with van der Waals surface area (Å²) in [4.78, 5) is 0. The molecule has 1 aliphatic rings. The van der Waals surface area contributed by atoms with Gasteiger partial charge in [-0.05, 0) is 12.8 Å². The van der Waals surface area contributed by atoms with Gasteiger partial charge in [0.15, 0.2) is 0 Å². The van der Waals surface area contributed by atoms with E-state index in [1.165, 1.54) is 69.8 Å². The maximum Gasteiger partial charge on any atom is -0.0398 e. The van der Waals surface area contributed by atoms with Gasteiger partial charge in [-0.15, -0.1) is 0 Å². The van der Waals surface area contributed by atoms with Gasteiger partial charge in [-0.3, -0.25) is 0 Å². The molecule has 21 heavy (non-hydrogen) atoms. The van der Waals surface area contributed by atoms with E-state index in [9.17, 15) is 0 Å². The molecule has 0 saturated heterocycles. The Hall–Kier alpha value is -0.780. The molecule has 1 aromatic carbocycles. The monoisotopic (exact) mass is 290 g/mol. The third-order valence-electron chi connectivity index (χ3n) is 4.20. The maximum atomic E-state index is 2.32. The molecule has 0 nitrogen and oxygen atoms in total. The highest BCUT2D eigenvalue weighted by atomic mass is 14.2. The first-order chi connectivity index (χ1) is 10.2. The lowest BCUT2D eigenvalue weighted by molar-refractivity contribution is 0.349. The van der Waals surface area contributed by atoms with Crippen molar-refractivity contribution in [2.75, 3.05) is 0 Å². The minimum Gasteiger partial charge on any atom is -0.0654 e. The van der Waals surface area contributed by atoms with Gasteiger partial charge in [0.1, 0.15) is 0 Å². The lowest BCUT2D eigenvalue weighted by Crippen LogP contribution is -2.03. The van der Waals surface area contributed by atoms with Crippen LogP contribution in [0, 0.1) is 12.8 Å². The van der Waals surface area contributed by atoms with E-state index in [4.69, 9.17) is 0 Å². The van der Waals surface area contributed by atoms with Crippen LogP contribution in [0.4, 0.5) is 0 Å². The minimum atomic E-state index is 1.09. The molecule has 0 atom stereocenters. The second-order valence-corrected chi connectivity index (χ2v) is 6.27. The summed E-state index contributed by atoms with van der Waals surface area (Å²) in [6, 6.07) is 10.3. The average Bonchev–Trinajstić information content (AvgIpc) is 2.55. The lowest BCUT2D eigenvalue weighted by Gasteiger charge is -2.18. The van der Waals surface area contributed by atoms with Crippen LogP contribution in [0.2, 0.25) is 0 Å². The molecule has 0 amide bonds. The molecule has 0 N–H and O–H groups in total. The SMILES string of the molecule is CCC1CCCCC1.CCCCCC.Cc1ccccc1. The molecule has 0 spiro atoms. The molecular formula is C21H38. The van der Waals surface area contributed by atoms with Crippen LogP contribution in [0.15, 0.2) is 30.3 Å². The average molecular weight is 291 g/mol. The van der Waals surface area contributed by atoms with Crippen LogP contribution in [0.5, 0.6) is 0 Å². The lowest BCUT2D eigenvalue weighted by atomic mass is 9.88. The number of benzene rings is 1. The van der Waals surface area contributed by atoms with Gasteiger partial charge >= 0.3 is 0 Å². The molecule has 0 heterocycles. The standard InChI is InChI=1S/C8H16.C7H8.C6H14/c1-2-8-6-4-3-5-7-8;1-7-5-3-2-4-6-7;1-3-5-6-4-2/h8H,2-7H2,1H3;2-6H,1H3;3-6H2,1-2H3. The van der Waals surface area contributed by atoms with Crippen molar-refractivity contribution in [3.8, 4) is 0 Å². The van der Waals surface area contributed by atoms with Gasteiger partial charge in [0.2, 0.25) is 0 Å². The Kier molecular flexibility index (Phi) is 15.0. The Morgan fingerprint density at radius 2 is 1.33 bits per heavy atom. The van der Waals surface area contributed by atoms with E-state index in [1.54, 1.807) is 0 Å². The van der Waals surface area contributed by atoms with Gasteiger partial charge in [0.05, 0.1) is 0 Å². The largest absolute Gasteiger partial charge is 0.0654 e. The molecule has 1 fully saturated rings. The van der Waals surface area contributed by atoms with Crippen molar-refractivity contribution in [2.24, 2.45) is 5.92 Å². The molecule has 0 radical (unpaired) electrons. The van der Waals surface area contributed by atoms with Crippen molar-refractivity contribution in [2.45, 2.75) is 91.9 Å². The second kappa shape index (κ2) is 15.6. The smallest absolute Gasteiger partial charge is 0.0398 e. The van der Waals surface area contributed by atoms with Crippen molar-refractivity contribution >= 4 is 0 Å². The van der Waals surface area contributed by atoms with Crippen LogP contribution < -0.4 is 0 Å². The first kappa shape index (κ1) is 20.2. The van der Waals surface area contributed by atoms with Crippen LogP contribution in [0.25, 0.3) is 0 Å². The summed E-state index contributed by atoms with van der Waals surface area (Å²) in [6.45, 7) is 8.86. The topological polar surface area (TPSA) is 0 Å². The molecule has 1 aromatic rings. The van der Waals surface area contributed by atoms with Crippen molar-refractivity contribution in [1.29, 1.82) is 0 Å². The molecule has 1 saturated carbocycles. The Bertz CT molecular complexity index is 278. The molecule has 0 unspecified atom stereocenters. The van der Waals surface area contributed by atoms with Crippen LogP contribution in [0.1, 0.15) is 90.5 Å². The molecule has 0 bridgehead atoms. The predicted molar refractivity (Wildman–Crippen MR) is 97.9 cm³/mol. The summed E-state index contributed by atoms with van der Waals surface area (Å²) in [6.07, 6.45) is 14.5. The van der Waals surface area contributed by atoms with Crippen molar-refractivity contribution in [3.63, 3.8) is 0 Å². The summed E-state index contributed by atoms with van der Waals surface area (Å²) >= 11 is 0. The van der Waals surface area contributed by atoms with E-state index in [0.717, 1.165) is 5.92 Å². The van der Waals surface area contributed by atoms with E-state index in [-0.39, 0.29) is 0 Å². The van der Waals surface area contributed by atoms with E-state index in [0.29, 0.717) is 0 Å². The first-order valence-electron chi connectivity index (χ1n) is 9.26. The molecule has 0 aromatic heterocycles. The van der Waals surface area contributed by atoms with Crippen LogP contribution >= 0.6 is 0 Å². The Balaban J connectivity index is 0.000000290. The van der Waals surface area contributed by atoms with E-state index in [2.05, 4.69) is 39.8 Å². The van der Waals surface area contributed by atoms with Gasteiger partial charge in [0.25, 0.3) is 0 Å². The molecule has 0 aliphatic heterocycles. The number of aryl methyl sites for hydroxylation is 1. The van der Waals surface area contributed by atoms with Gasteiger partial charge in [-0.2, -0.15) is 0 Å². The third kappa shape index (κ3) is 13.9. The number of unbranched alkanes of at least 4 members (excludes halogenated alkanes) is 3.